The summed E-state index contributed by atoms with van der Waals surface area (Å²) < 4.78 is 1.80. The number of aromatic nitrogens is 6. The SMILES string of the molecule is Cc1cc(-c2cccc3c2CN(c2cccc4c(-c5nc(Nc6cc(C)n(C)n6)ncc5C)c[nH]c24)C3=O)ccn1. The number of carbonyl (C=O) groups excluding carboxylic acids is 1. The molecule has 9 nitrogen and oxygen atoms in total. The second kappa shape index (κ2) is 9.41. The van der Waals surface area contributed by atoms with Crippen molar-refractivity contribution in [1.29, 1.82) is 0 Å². The van der Waals surface area contributed by atoms with Gasteiger partial charge in [0, 0.05) is 59.6 Å². The molecule has 6 aromatic rings. The Labute approximate surface area is 236 Å². The van der Waals surface area contributed by atoms with Crippen molar-refractivity contribution in [2.75, 3.05) is 10.2 Å². The van der Waals surface area contributed by atoms with Crippen LogP contribution >= 0.6 is 0 Å². The summed E-state index contributed by atoms with van der Waals surface area (Å²) in [4.78, 5) is 32.7. The highest BCUT2D eigenvalue weighted by atomic mass is 16.2. The molecule has 0 saturated carbocycles. The predicted octanol–water partition coefficient (Wildman–Crippen LogP) is 6.25. The number of H-pyrrole nitrogens is 1. The molecule has 0 saturated heterocycles. The van der Waals surface area contributed by atoms with Gasteiger partial charge in [0.05, 0.1) is 23.4 Å². The van der Waals surface area contributed by atoms with Crippen LogP contribution in [0.25, 0.3) is 33.3 Å². The molecule has 0 aliphatic carbocycles. The molecule has 1 amide bonds. The highest BCUT2D eigenvalue weighted by molar-refractivity contribution is 6.15. The lowest BCUT2D eigenvalue weighted by Crippen LogP contribution is -2.23. The molecule has 2 aromatic carbocycles. The van der Waals surface area contributed by atoms with Crippen LogP contribution in [0.15, 0.2) is 73.2 Å². The van der Waals surface area contributed by atoms with E-state index in [-0.39, 0.29) is 5.91 Å². The number of nitrogens with one attached hydrogen (secondary N) is 2. The highest BCUT2D eigenvalue weighted by Crippen LogP contribution is 2.40. The van der Waals surface area contributed by atoms with Gasteiger partial charge in [-0.1, -0.05) is 24.3 Å². The normalized spacial score (nSPS) is 12.8. The van der Waals surface area contributed by atoms with Gasteiger partial charge in [0.1, 0.15) is 0 Å². The van der Waals surface area contributed by atoms with Crippen LogP contribution in [0.4, 0.5) is 17.5 Å². The van der Waals surface area contributed by atoms with Gasteiger partial charge in [0.2, 0.25) is 5.95 Å². The van der Waals surface area contributed by atoms with Crippen LogP contribution in [0.5, 0.6) is 0 Å². The van der Waals surface area contributed by atoms with Crippen LogP contribution in [0, 0.1) is 20.8 Å². The number of para-hydroxylation sites is 1. The van der Waals surface area contributed by atoms with Gasteiger partial charge in [-0.2, -0.15) is 5.10 Å². The second-order valence-corrected chi connectivity index (χ2v) is 10.5. The maximum Gasteiger partial charge on any atom is 0.259 e. The number of aryl methyl sites for hydroxylation is 4. The molecular weight excluding hydrogens is 512 g/mol. The lowest BCUT2D eigenvalue weighted by atomic mass is 9.97. The number of benzene rings is 2. The Balaban J connectivity index is 1.26. The molecule has 2 N–H and O–H groups in total. The Hall–Kier alpha value is -5.31. The number of hydrogen-bond donors (Lipinski definition) is 2. The van der Waals surface area contributed by atoms with E-state index in [1.807, 2.05) is 87.7 Å². The first-order valence-electron chi connectivity index (χ1n) is 13.5. The third-order valence-electron chi connectivity index (χ3n) is 7.74. The number of hydrogen-bond acceptors (Lipinski definition) is 6. The minimum absolute atomic E-state index is 0.00774. The van der Waals surface area contributed by atoms with Crippen LogP contribution in [-0.2, 0) is 13.6 Å². The number of rotatable bonds is 5. The average Bonchev–Trinajstić information content (AvgIpc) is 3.64. The fraction of sp³-hybridized carbons (Fsp3) is 0.156. The van der Waals surface area contributed by atoms with Crippen LogP contribution in [0.1, 0.15) is 32.9 Å². The lowest BCUT2D eigenvalue weighted by molar-refractivity contribution is 0.0997. The van der Waals surface area contributed by atoms with Crippen LogP contribution in [0.3, 0.4) is 0 Å². The Kier molecular flexibility index (Phi) is 5.67. The van der Waals surface area contributed by atoms with Crippen molar-refractivity contribution >= 4 is 34.3 Å². The zero-order valence-electron chi connectivity index (χ0n) is 23.2. The van der Waals surface area contributed by atoms with Crippen LogP contribution in [0.2, 0.25) is 0 Å². The van der Waals surface area contributed by atoms with E-state index in [4.69, 9.17) is 4.98 Å². The Morgan fingerprint density at radius 2 is 1.78 bits per heavy atom. The molecule has 0 radical (unpaired) electrons. The molecule has 7 rings (SSSR count). The lowest BCUT2D eigenvalue weighted by Gasteiger charge is -2.17. The summed E-state index contributed by atoms with van der Waals surface area (Å²) in [5.74, 6) is 1.15. The fourth-order valence-electron chi connectivity index (χ4n) is 5.58. The zero-order valence-corrected chi connectivity index (χ0v) is 23.2. The molecule has 1 aliphatic rings. The van der Waals surface area contributed by atoms with Crippen molar-refractivity contribution in [3.8, 4) is 22.4 Å². The Morgan fingerprint density at radius 3 is 2.59 bits per heavy atom. The van der Waals surface area contributed by atoms with E-state index in [2.05, 4.69) is 43.6 Å². The molecule has 0 bridgehead atoms. The quantitative estimate of drug-likeness (QED) is 0.268. The first-order valence-corrected chi connectivity index (χ1v) is 13.5. The first kappa shape index (κ1) is 24.7. The highest BCUT2D eigenvalue weighted by Gasteiger charge is 2.32. The first-order chi connectivity index (χ1) is 19.9. The van der Waals surface area contributed by atoms with E-state index in [9.17, 15) is 4.79 Å². The Bertz CT molecular complexity index is 1970. The maximum atomic E-state index is 13.7. The van der Waals surface area contributed by atoms with Gasteiger partial charge in [-0.05, 0) is 67.3 Å². The van der Waals surface area contributed by atoms with Gasteiger partial charge in [0.25, 0.3) is 5.91 Å². The van der Waals surface area contributed by atoms with E-state index < -0.39 is 0 Å². The Morgan fingerprint density at radius 1 is 0.951 bits per heavy atom. The molecule has 41 heavy (non-hydrogen) atoms. The summed E-state index contributed by atoms with van der Waals surface area (Å²) >= 11 is 0. The number of nitrogens with zero attached hydrogens (tertiary/aromatic N) is 6. The average molecular weight is 541 g/mol. The third kappa shape index (κ3) is 4.13. The minimum Gasteiger partial charge on any atom is -0.359 e. The molecule has 1 aliphatic heterocycles. The largest absolute Gasteiger partial charge is 0.359 e. The summed E-state index contributed by atoms with van der Waals surface area (Å²) in [6.07, 6.45) is 5.58. The number of pyridine rings is 1. The number of anilines is 3. The molecule has 0 fully saturated rings. The number of fused-ring (bicyclic) bond motifs is 2. The van der Waals surface area contributed by atoms with Crippen molar-refractivity contribution < 1.29 is 4.79 Å². The summed E-state index contributed by atoms with van der Waals surface area (Å²) in [5.41, 5.74) is 10.3. The number of amides is 1. The second-order valence-electron chi connectivity index (χ2n) is 10.5. The standard InChI is InChI=1S/C32H28N8O/c1-18-15-35-32(36-28-14-20(3)39(4)38-28)37-29(18)25-16-34-30-23(25)8-6-10-27(30)40-17-26-22(7-5-9-24(26)31(40)41)21-11-12-33-19(2)13-21/h5-16,34H,17H2,1-4H3,(H,35,36,37,38). The van der Waals surface area contributed by atoms with Gasteiger partial charge in [-0.25, -0.2) is 9.97 Å². The van der Waals surface area contributed by atoms with E-state index in [1.54, 1.807) is 4.68 Å². The van der Waals surface area contributed by atoms with E-state index >= 15 is 0 Å². The molecule has 0 atom stereocenters. The van der Waals surface area contributed by atoms with Crippen LogP contribution in [-0.4, -0.2) is 35.6 Å². The van der Waals surface area contributed by atoms with Gasteiger partial charge in [0.15, 0.2) is 5.82 Å². The van der Waals surface area contributed by atoms with Crippen molar-refractivity contribution in [2.45, 2.75) is 27.3 Å². The smallest absolute Gasteiger partial charge is 0.259 e. The van der Waals surface area contributed by atoms with E-state index in [0.29, 0.717) is 18.3 Å². The predicted molar refractivity (Wildman–Crippen MR) is 160 cm³/mol. The van der Waals surface area contributed by atoms with Crippen molar-refractivity contribution in [1.82, 2.24) is 29.7 Å². The summed E-state index contributed by atoms with van der Waals surface area (Å²) in [6.45, 7) is 6.46. The minimum atomic E-state index is -0.00774. The third-order valence-corrected chi connectivity index (χ3v) is 7.74. The summed E-state index contributed by atoms with van der Waals surface area (Å²) in [5, 5.41) is 8.66. The fourth-order valence-corrected chi connectivity index (χ4v) is 5.58. The number of carbonyl (C=O) groups is 1. The van der Waals surface area contributed by atoms with Crippen molar-refractivity contribution in [2.24, 2.45) is 7.05 Å². The van der Waals surface area contributed by atoms with E-state index in [0.717, 1.165) is 67.1 Å². The molecule has 5 heterocycles. The van der Waals surface area contributed by atoms with Crippen molar-refractivity contribution in [3.63, 3.8) is 0 Å². The molecule has 4 aromatic heterocycles. The van der Waals surface area contributed by atoms with Gasteiger partial charge in [-0.15, -0.1) is 0 Å². The summed E-state index contributed by atoms with van der Waals surface area (Å²) in [6, 6.07) is 18.0. The topological polar surface area (TPSA) is 105 Å². The molecule has 0 spiro atoms. The van der Waals surface area contributed by atoms with Crippen molar-refractivity contribution in [3.05, 3.63) is 101 Å². The van der Waals surface area contributed by atoms with E-state index in [1.165, 1.54) is 0 Å². The maximum absolute atomic E-state index is 13.7. The monoisotopic (exact) mass is 540 g/mol. The van der Waals surface area contributed by atoms with Gasteiger partial charge >= 0.3 is 0 Å². The summed E-state index contributed by atoms with van der Waals surface area (Å²) in [7, 11) is 1.90. The number of aromatic amines is 1. The van der Waals surface area contributed by atoms with Gasteiger partial charge in [-0.3, -0.25) is 14.5 Å². The van der Waals surface area contributed by atoms with Gasteiger partial charge < -0.3 is 15.2 Å². The molecular formula is C32H28N8O. The zero-order chi connectivity index (χ0) is 28.2. The van der Waals surface area contributed by atoms with Crippen LogP contribution < -0.4 is 10.2 Å². The molecule has 9 heteroatoms. The molecule has 0 unspecified atom stereocenters. The molecule has 202 valence electrons.